The van der Waals surface area contributed by atoms with Gasteiger partial charge in [-0.2, -0.15) is 0 Å². The second kappa shape index (κ2) is 13.7. The van der Waals surface area contributed by atoms with Crippen LogP contribution in [0.4, 0.5) is 0 Å². The normalized spacial score (nSPS) is 14.0. The first kappa shape index (κ1) is 38.4. The Morgan fingerprint density at radius 1 is 0.436 bits per heavy atom. The smallest absolute Gasteiger partial charge is 0.191 e. The van der Waals surface area contributed by atoms with E-state index in [1.807, 2.05) is 7.05 Å². The first-order valence-corrected chi connectivity index (χ1v) is 20.1. The van der Waals surface area contributed by atoms with Crippen LogP contribution in [0.5, 0.6) is 0 Å². The van der Waals surface area contributed by atoms with E-state index < -0.39 is 0 Å². The summed E-state index contributed by atoms with van der Waals surface area (Å²) in [4.78, 5) is 4.75. The van der Waals surface area contributed by atoms with Gasteiger partial charge in [0.25, 0.3) is 0 Å². The summed E-state index contributed by atoms with van der Waals surface area (Å²) in [6, 6.07) is 37.5. The average molecular weight is 728 g/mol. The van der Waals surface area contributed by atoms with Gasteiger partial charge in [0.15, 0.2) is 5.96 Å². The summed E-state index contributed by atoms with van der Waals surface area (Å²) in [7, 11) is 1.88. The molecule has 1 aliphatic rings. The van der Waals surface area contributed by atoms with Crippen LogP contribution in [0.2, 0.25) is 0 Å². The molecule has 7 rings (SSSR count). The number of guanidine groups is 1. The summed E-state index contributed by atoms with van der Waals surface area (Å²) in [6.07, 6.45) is 0. The van der Waals surface area contributed by atoms with E-state index in [4.69, 9.17) is 4.99 Å². The van der Waals surface area contributed by atoms with Crippen molar-refractivity contribution >= 4 is 27.5 Å². The zero-order valence-corrected chi connectivity index (χ0v) is 35.6. The Morgan fingerprint density at radius 2 is 0.764 bits per heavy atom. The van der Waals surface area contributed by atoms with Crippen molar-refractivity contribution in [2.24, 2.45) is 4.99 Å². The topological polar surface area (TPSA) is 36.4 Å². The highest BCUT2D eigenvalue weighted by atomic mass is 15.2. The predicted molar refractivity (Wildman–Crippen MR) is 240 cm³/mol. The third-order valence-electron chi connectivity index (χ3n) is 11.6. The van der Waals surface area contributed by atoms with Crippen LogP contribution in [0.3, 0.4) is 0 Å². The van der Waals surface area contributed by atoms with Crippen LogP contribution in [0.1, 0.15) is 116 Å². The van der Waals surface area contributed by atoms with Crippen molar-refractivity contribution in [1.29, 1.82) is 0 Å². The molecule has 0 unspecified atom stereocenters. The maximum Gasteiger partial charge on any atom is 0.191 e. The van der Waals surface area contributed by atoms with Gasteiger partial charge in [0.2, 0.25) is 0 Å². The van der Waals surface area contributed by atoms with Gasteiger partial charge in [-0.1, -0.05) is 168 Å². The van der Waals surface area contributed by atoms with Gasteiger partial charge in [-0.05, 0) is 122 Å². The van der Waals surface area contributed by atoms with E-state index in [1.165, 1.54) is 88.3 Å². The first-order valence-electron chi connectivity index (χ1n) is 20.1. The second-order valence-corrected chi connectivity index (χ2v) is 19.9. The van der Waals surface area contributed by atoms with Gasteiger partial charge >= 0.3 is 0 Å². The third kappa shape index (κ3) is 7.43. The Balaban J connectivity index is 1.68. The molecule has 55 heavy (non-hydrogen) atoms. The fraction of sp³-hybridized carbons (Fsp3) is 0.365. The van der Waals surface area contributed by atoms with Gasteiger partial charge < -0.3 is 10.6 Å². The average Bonchev–Trinajstić information content (AvgIpc) is 3.20. The Labute approximate surface area is 330 Å². The van der Waals surface area contributed by atoms with Crippen molar-refractivity contribution in [3.63, 3.8) is 0 Å². The van der Waals surface area contributed by atoms with Gasteiger partial charge in [-0.25, -0.2) is 0 Å². The lowest BCUT2D eigenvalue weighted by Gasteiger charge is -2.28. The summed E-state index contributed by atoms with van der Waals surface area (Å²) in [5.74, 6) is 0.801. The number of hydrogen-bond acceptors (Lipinski definition) is 1. The molecule has 0 bridgehead atoms. The minimum Gasteiger partial charge on any atom is -0.352 e. The van der Waals surface area contributed by atoms with Crippen molar-refractivity contribution < 1.29 is 0 Å². The van der Waals surface area contributed by atoms with Gasteiger partial charge in [-0.15, -0.1) is 0 Å². The van der Waals surface area contributed by atoms with Crippen molar-refractivity contribution in [2.75, 3.05) is 7.05 Å². The number of rotatable bonds is 2. The number of aliphatic imine (C=N–C) groups is 1. The zero-order chi connectivity index (χ0) is 39.7. The quantitative estimate of drug-likeness (QED) is 0.186. The van der Waals surface area contributed by atoms with Crippen LogP contribution in [0, 0.1) is 0 Å². The molecule has 2 N–H and O–H groups in total. The summed E-state index contributed by atoms with van der Waals surface area (Å²) < 4.78 is 0. The third-order valence-corrected chi connectivity index (χ3v) is 11.6. The summed E-state index contributed by atoms with van der Waals surface area (Å²) in [5.41, 5.74) is 15.6. The molecule has 0 spiro atoms. The van der Waals surface area contributed by atoms with E-state index in [-0.39, 0.29) is 21.7 Å². The van der Waals surface area contributed by atoms with Gasteiger partial charge in [0.05, 0.1) is 0 Å². The van der Waals surface area contributed by atoms with E-state index >= 15 is 0 Å². The monoisotopic (exact) mass is 727 g/mol. The number of nitrogens with one attached hydrogen (secondary N) is 2. The number of benzene rings is 6. The largest absolute Gasteiger partial charge is 0.352 e. The standard InChI is InChI=1S/C52H61N3/c1-49(2,3)36-22-34(23-37(28-36)50(4,5)6)42-26-32-18-14-16-20-40(32)46-44(42)30-54-48(53-13)55-31-45-43(27-33-19-15-17-21-41(33)47(45)46)35-24-38(51(7,8)9)29-39(25-35)52(10,11)12/h14-29H,30-31H2,1-13H3,(H2,53,54,55). The van der Waals surface area contributed by atoms with E-state index in [0.29, 0.717) is 13.1 Å². The number of hydrogen-bond donors (Lipinski definition) is 2. The van der Waals surface area contributed by atoms with Crippen LogP contribution >= 0.6 is 0 Å². The molecular weight excluding hydrogens is 667 g/mol. The van der Waals surface area contributed by atoms with Crippen LogP contribution < -0.4 is 10.6 Å². The van der Waals surface area contributed by atoms with Crippen LogP contribution in [0.15, 0.2) is 102 Å². The van der Waals surface area contributed by atoms with E-state index in [1.54, 1.807) is 0 Å². The van der Waals surface area contributed by atoms with Crippen LogP contribution in [-0.2, 0) is 34.7 Å². The molecule has 6 aromatic rings. The fourth-order valence-electron chi connectivity index (χ4n) is 8.10. The molecule has 0 aromatic heterocycles. The fourth-order valence-corrected chi connectivity index (χ4v) is 8.10. The van der Waals surface area contributed by atoms with Crippen molar-refractivity contribution in [3.8, 4) is 33.4 Å². The molecule has 0 saturated heterocycles. The summed E-state index contributed by atoms with van der Waals surface area (Å²) >= 11 is 0. The van der Waals surface area contributed by atoms with Crippen molar-refractivity contribution in [2.45, 2.75) is 118 Å². The maximum absolute atomic E-state index is 4.75. The number of fused-ring (bicyclic) bond motifs is 7. The second-order valence-electron chi connectivity index (χ2n) is 19.9. The molecule has 0 aliphatic carbocycles. The molecule has 0 saturated carbocycles. The predicted octanol–water partition coefficient (Wildman–Crippen LogP) is 13.4. The lowest BCUT2D eigenvalue weighted by molar-refractivity contribution is 0.568. The minimum atomic E-state index is -0.00577. The Bertz CT molecular complexity index is 2230. The highest BCUT2D eigenvalue weighted by Gasteiger charge is 2.28. The molecular formula is C52H61N3. The van der Waals surface area contributed by atoms with E-state index in [0.717, 1.165) is 5.96 Å². The van der Waals surface area contributed by atoms with Crippen LogP contribution in [0.25, 0.3) is 54.9 Å². The van der Waals surface area contributed by atoms with E-state index in [9.17, 15) is 0 Å². The molecule has 1 aliphatic heterocycles. The first-order chi connectivity index (χ1) is 25.7. The molecule has 0 atom stereocenters. The SMILES string of the molecule is CN=C1NCc2c(-c3cc(C(C)(C)C)cc(C(C)(C)C)c3)cc3ccccc3c2-c2c(c(-c3cc(C(C)(C)C)cc(C(C)(C)C)c3)cc3ccccc23)CN1. The Kier molecular flexibility index (Phi) is 9.56. The molecule has 1 heterocycles. The van der Waals surface area contributed by atoms with E-state index in [2.05, 4.69) is 191 Å². The van der Waals surface area contributed by atoms with Crippen LogP contribution in [-0.4, -0.2) is 13.0 Å². The van der Waals surface area contributed by atoms with Crippen molar-refractivity contribution in [3.05, 3.63) is 130 Å². The molecule has 0 amide bonds. The Hall–Kier alpha value is -4.89. The molecule has 0 radical (unpaired) electrons. The molecule has 6 aromatic carbocycles. The highest BCUT2D eigenvalue weighted by Crippen LogP contribution is 2.48. The zero-order valence-electron chi connectivity index (χ0n) is 35.6. The van der Waals surface area contributed by atoms with Gasteiger partial charge in [-0.3, -0.25) is 4.99 Å². The molecule has 3 nitrogen and oxygen atoms in total. The lowest BCUT2D eigenvalue weighted by atomic mass is 9.76. The minimum absolute atomic E-state index is 0.00577. The molecule has 284 valence electrons. The molecule has 3 heteroatoms. The van der Waals surface area contributed by atoms with Gasteiger partial charge in [0.1, 0.15) is 0 Å². The lowest BCUT2D eigenvalue weighted by Crippen LogP contribution is -2.36. The molecule has 0 fully saturated rings. The summed E-state index contributed by atoms with van der Waals surface area (Å²) in [5, 5.41) is 12.6. The summed E-state index contributed by atoms with van der Waals surface area (Å²) in [6.45, 7) is 29.2. The maximum atomic E-state index is 4.75. The highest BCUT2D eigenvalue weighted by molar-refractivity contribution is 6.12. The Morgan fingerprint density at radius 3 is 1.07 bits per heavy atom. The number of nitrogens with zero attached hydrogens (tertiary/aromatic N) is 1. The van der Waals surface area contributed by atoms with Crippen molar-refractivity contribution in [1.82, 2.24) is 10.6 Å². The van der Waals surface area contributed by atoms with Gasteiger partial charge in [0, 0.05) is 20.1 Å².